The molecular weight excluding hydrogens is 282 g/mol. The number of hydrogen-bond acceptors (Lipinski definition) is 5. The van der Waals surface area contributed by atoms with E-state index in [-0.39, 0.29) is 6.54 Å². The first-order valence-corrected chi connectivity index (χ1v) is 9.16. The van der Waals surface area contributed by atoms with Gasteiger partial charge in [0.25, 0.3) is 0 Å². The van der Waals surface area contributed by atoms with Crippen LogP contribution in [0.5, 0.6) is 0 Å². The van der Waals surface area contributed by atoms with E-state index in [0.717, 1.165) is 6.26 Å². The van der Waals surface area contributed by atoms with Gasteiger partial charge in [-0.05, 0) is 6.42 Å². The molecule has 0 aliphatic carbocycles. The van der Waals surface area contributed by atoms with Gasteiger partial charge in [-0.15, -0.1) is 0 Å². The fourth-order valence-electron chi connectivity index (χ4n) is 1.22. The van der Waals surface area contributed by atoms with E-state index >= 15 is 0 Å². The number of carbonyl (C=O) groups is 1. The van der Waals surface area contributed by atoms with Crippen LogP contribution in [0.25, 0.3) is 0 Å². The summed E-state index contributed by atoms with van der Waals surface area (Å²) in [7, 11) is -7.11. The zero-order chi connectivity index (χ0) is 14.4. The highest BCUT2D eigenvalue weighted by Gasteiger charge is 2.20. The lowest BCUT2D eigenvalue weighted by Gasteiger charge is -2.12. The van der Waals surface area contributed by atoms with Crippen LogP contribution in [0.4, 0.5) is 0 Å². The number of carboxylic acid groups (broad SMARTS) is 1. The molecule has 108 valence electrons. The first-order chi connectivity index (χ1) is 8.07. The number of carboxylic acids is 1. The van der Waals surface area contributed by atoms with E-state index in [2.05, 4.69) is 4.72 Å². The van der Waals surface area contributed by atoms with E-state index in [9.17, 15) is 21.6 Å². The lowest BCUT2D eigenvalue weighted by Crippen LogP contribution is -2.35. The van der Waals surface area contributed by atoms with E-state index in [1.165, 1.54) is 0 Å². The van der Waals surface area contributed by atoms with Crippen LogP contribution in [0.2, 0.25) is 0 Å². The van der Waals surface area contributed by atoms with Crippen molar-refractivity contribution < 1.29 is 26.7 Å². The van der Waals surface area contributed by atoms with E-state index < -0.39 is 43.3 Å². The second-order valence-electron chi connectivity index (χ2n) is 4.12. The Labute approximate surface area is 108 Å². The number of sulfonamides is 1. The summed E-state index contributed by atoms with van der Waals surface area (Å²) in [4.78, 5) is 10.8. The first kappa shape index (κ1) is 17.3. The fourth-order valence-corrected chi connectivity index (χ4v) is 3.91. The maximum Gasteiger partial charge on any atom is 0.307 e. The molecule has 0 aromatic carbocycles. The Balaban J connectivity index is 4.37. The molecule has 2 N–H and O–H groups in total. The second kappa shape index (κ2) is 7.05. The molecule has 0 radical (unpaired) electrons. The van der Waals surface area contributed by atoms with Gasteiger partial charge in [0.15, 0.2) is 0 Å². The number of nitrogens with one attached hydrogen (secondary N) is 1. The van der Waals surface area contributed by atoms with Crippen molar-refractivity contribution in [2.24, 2.45) is 5.92 Å². The molecule has 7 nitrogen and oxygen atoms in total. The number of rotatable bonds is 9. The van der Waals surface area contributed by atoms with Crippen LogP contribution in [0.15, 0.2) is 0 Å². The van der Waals surface area contributed by atoms with E-state index in [1.54, 1.807) is 6.92 Å². The highest BCUT2D eigenvalue weighted by atomic mass is 32.2. The lowest BCUT2D eigenvalue weighted by atomic mass is 10.1. The largest absolute Gasteiger partial charge is 0.481 e. The molecule has 0 aromatic rings. The topological polar surface area (TPSA) is 118 Å². The Morgan fingerprint density at radius 3 is 2.17 bits per heavy atom. The molecule has 0 bridgehead atoms. The van der Waals surface area contributed by atoms with E-state index in [1.807, 2.05) is 0 Å². The molecular formula is C9H19NO6S2. The molecule has 1 unspecified atom stereocenters. The zero-order valence-electron chi connectivity index (χ0n) is 10.4. The van der Waals surface area contributed by atoms with Gasteiger partial charge in [0.05, 0.1) is 17.4 Å². The molecule has 0 saturated carbocycles. The second-order valence-corrected chi connectivity index (χ2v) is 8.31. The Kier molecular flexibility index (Phi) is 6.79. The summed E-state index contributed by atoms with van der Waals surface area (Å²) in [5, 5.41) is 8.83. The van der Waals surface area contributed by atoms with Crippen LogP contribution in [0.1, 0.15) is 19.8 Å². The molecule has 0 rings (SSSR count). The van der Waals surface area contributed by atoms with Crippen LogP contribution < -0.4 is 4.72 Å². The normalized spacial score (nSPS) is 14.3. The molecule has 0 spiro atoms. The van der Waals surface area contributed by atoms with E-state index in [0.29, 0.717) is 12.8 Å². The Morgan fingerprint density at radius 2 is 1.78 bits per heavy atom. The quantitative estimate of drug-likeness (QED) is 0.590. The average Bonchev–Trinajstić information content (AvgIpc) is 2.20. The summed E-state index contributed by atoms with van der Waals surface area (Å²) in [6, 6.07) is 0. The highest BCUT2D eigenvalue weighted by Crippen LogP contribution is 2.05. The third-order valence-electron chi connectivity index (χ3n) is 2.26. The van der Waals surface area contributed by atoms with Crippen molar-refractivity contribution in [3.8, 4) is 0 Å². The van der Waals surface area contributed by atoms with Crippen molar-refractivity contribution in [2.75, 3.05) is 24.3 Å². The minimum absolute atomic E-state index is 0.213. The van der Waals surface area contributed by atoms with Gasteiger partial charge in [0.2, 0.25) is 10.0 Å². The third kappa shape index (κ3) is 8.43. The molecule has 18 heavy (non-hydrogen) atoms. The molecule has 0 aromatic heterocycles. The predicted molar refractivity (Wildman–Crippen MR) is 67.5 cm³/mol. The van der Waals surface area contributed by atoms with Gasteiger partial charge >= 0.3 is 5.97 Å². The van der Waals surface area contributed by atoms with Gasteiger partial charge in [0, 0.05) is 12.8 Å². The molecule has 0 saturated heterocycles. The Bertz CT molecular complexity index is 467. The third-order valence-corrected chi connectivity index (χ3v) is 4.81. The van der Waals surface area contributed by atoms with Gasteiger partial charge in [-0.3, -0.25) is 4.79 Å². The maximum absolute atomic E-state index is 11.4. The number of sulfone groups is 1. The fraction of sp³-hybridized carbons (Fsp3) is 0.889. The van der Waals surface area contributed by atoms with Crippen LogP contribution >= 0.6 is 0 Å². The summed E-state index contributed by atoms with van der Waals surface area (Å²) in [6.07, 6.45) is 1.94. The minimum atomic E-state index is -3.75. The van der Waals surface area contributed by atoms with Gasteiger partial charge < -0.3 is 5.11 Å². The highest BCUT2D eigenvalue weighted by molar-refractivity contribution is 7.93. The van der Waals surface area contributed by atoms with Gasteiger partial charge in [-0.2, -0.15) is 0 Å². The standard InChI is InChI=1S/C9H19NO6S2/c1-3-4-8(9(11)12)7-10-18(15,16)6-5-17(2,13)14/h8,10H,3-7H2,1-2H3,(H,11,12). The number of hydrogen-bond donors (Lipinski definition) is 2. The van der Waals surface area contributed by atoms with Gasteiger partial charge in [-0.1, -0.05) is 13.3 Å². The maximum atomic E-state index is 11.4. The summed E-state index contributed by atoms with van der Waals surface area (Å²) < 4.78 is 46.7. The van der Waals surface area contributed by atoms with Crippen LogP contribution in [0, 0.1) is 5.92 Å². The summed E-state index contributed by atoms with van der Waals surface area (Å²) in [5.74, 6) is -2.89. The SMILES string of the molecule is CCCC(CNS(=O)(=O)CCS(C)(=O)=O)C(=O)O. The van der Waals surface area contributed by atoms with Gasteiger partial charge in [0.1, 0.15) is 9.84 Å². The molecule has 9 heteroatoms. The molecule has 0 heterocycles. The molecule has 0 aliphatic heterocycles. The molecule has 0 aliphatic rings. The first-order valence-electron chi connectivity index (χ1n) is 5.45. The monoisotopic (exact) mass is 301 g/mol. The van der Waals surface area contributed by atoms with Gasteiger partial charge in [-0.25, -0.2) is 21.6 Å². The summed E-state index contributed by atoms with van der Waals surface area (Å²) in [5.41, 5.74) is 0. The predicted octanol–water partition coefficient (Wildman–Crippen LogP) is -0.549. The smallest absolute Gasteiger partial charge is 0.307 e. The minimum Gasteiger partial charge on any atom is -0.481 e. The van der Waals surface area contributed by atoms with E-state index in [4.69, 9.17) is 5.11 Å². The van der Waals surface area contributed by atoms with Crippen molar-refractivity contribution in [3.05, 3.63) is 0 Å². The Morgan fingerprint density at radius 1 is 1.22 bits per heavy atom. The number of aliphatic carboxylic acids is 1. The lowest BCUT2D eigenvalue weighted by molar-refractivity contribution is -0.141. The van der Waals surface area contributed by atoms with Crippen molar-refractivity contribution in [1.82, 2.24) is 4.72 Å². The molecule has 0 fully saturated rings. The average molecular weight is 301 g/mol. The van der Waals surface area contributed by atoms with Crippen molar-refractivity contribution >= 4 is 25.8 Å². The van der Waals surface area contributed by atoms with Crippen LogP contribution in [0.3, 0.4) is 0 Å². The molecule has 0 amide bonds. The van der Waals surface area contributed by atoms with Crippen LogP contribution in [-0.2, 0) is 24.7 Å². The summed E-state index contributed by atoms with van der Waals surface area (Å²) >= 11 is 0. The van der Waals surface area contributed by atoms with Crippen molar-refractivity contribution in [1.29, 1.82) is 0 Å². The Hall–Kier alpha value is -0.670. The zero-order valence-corrected chi connectivity index (χ0v) is 12.1. The van der Waals surface area contributed by atoms with Crippen LogP contribution in [-0.4, -0.2) is 52.2 Å². The molecule has 1 atom stereocenters. The van der Waals surface area contributed by atoms with Crippen molar-refractivity contribution in [2.45, 2.75) is 19.8 Å². The van der Waals surface area contributed by atoms with Crippen molar-refractivity contribution in [3.63, 3.8) is 0 Å². The summed E-state index contributed by atoms with van der Waals surface area (Å²) in [6.45, 7) is 1.59.